The van der Waals surface area contributed by atoms with E-state index in [2.05, 4.69) is 22.0 Å². The molecule has 0 radical (unpaired) electrons. The molecule has 0 fully saturated rings. The van der Waals surface area contributed by atoms with Gasteiger partial charge in [-0.3, -0.25) is 0 Å². The molecular formula is C12H14BrNO2. The van der Waals surface area contributed by atoms with Gasteiger partial charge in [-0.2, -0.15) is 5.26 Å². The number of ether oxygens (including phenoxy) is 2. The van der Waals surface area contributed by atoms with Gasteiger partial charge in [0.05, 0.1) is 25.3 Å². The van der Waals surface area contributed by atoms with Crippen LogP contribution in [0.25, 0.3) is 0 Å². The first-order chi connectivity index (χ1) is 7.80. The minimum absolute atomic E-state index is 0.551. The molecule has 0 spiro atoms. The van der Waals surface area contributed by atoms with Gasteiger partial charge in [-0.25, -0.2) is 0 Å². The molecule has 1 rings (SSSR count). The van der Waals surface area contributed by atoms with Gasteiger partial charge in [-0.05, 0) is 25.0 Å². The number of hydrogen-bond donors (Lipinski definition) is 0. The number of rotatable bonds is 6. The fourth-order valence-corrected chi connectivity index (χ4v) is 1.62. The van der Waals surface area contributed by atoms with Crippen molar-refractivity contribution in [2.45, 2.75) is 12.8 Å². The lowest BCUT2D eigenvalue weighted by molar-refractivity contribution is 0.307. The predicted octanol–water partition coefficient (Wildman–Crippen LogP) is 3.12. The first kappa shape index (κ1) is 12.9. The smallest absolute Gasteiger partial charge is 0.124 e. The van der Waals surface area contributed by atoms with Crippen molar-refractivity contribution in [3.05, 3.63) is 23.8 Å². The highest BCUT2D eigenvalue weighted by atomic mass is 79.9. The van der Waals surface area contributed by atoms with Gasteiger partial charge in [0.1, 0.15) is 11.5 Å². The molecule has 0 aliphatic carbocycles. The Morgan fingerprint density at radius 1 is 1.25 bits per heavy atom. The highest BCUT2D eigenvalue weighted by Crippen LogP contribution is 2.22. The third kappa shape index (κ3) is 4.11. The third-order valence-electron chi connectivity index (χ3n) is 2.04. The van der Waals surface area contributed by atoms with Crippen LogP contribution in [0.4, 0.5) is 0 Å². The lowest BCUT2D eigenvalue weighted by atomic mass is 10.2. The zero-order valence-corrected chi connectivity index (χ0v) is 10.8. The number of benzene rings is 1. The van der Waals surface area contributed by atoms with Crippen LogP contribution in [0.15, 0.2) is 18.2 Å². The number of unbranched alkanes of at least 4 members (excludes halogenated alkanes) is 1. The Balaban J connectivity index is 2.61. The first-order valence-electron chi connectivity index (χ1n) is 5.08. The van der Waals surface area contributed by atoms with Crippen molar-refractivity contribution in [2.75, 3.05) is 19.0 Å². The molecule has 0 aliphatic rings. The summed E-state index contributed by atoms with van der Waals surface area (Å²) in [5.74, 6) is 1.33. The average Bonchev–Trinajstić information content (AvgIpc) is 2.34. The van der Waals surface area contributed by atoms with Gasteiger partial charge >= 0.3 is 0 Å². The molecule has 1 aromatic carbocycles. The van der Waals surface area contributed by atoms with Crippen molar-refractivity contribution in [3.8, 4) is 17.6 Å². The van der Waals surface area contributed by atoms with Gasteiger partial charge in [0.15, 0.2) is 0 Å². The highest BCUT2D eigenvalue weighted by Gasteiger charge is 2.01. The van der Waals surface area contributed by atoms with E-state index < -0.39 is 0 Å². The minimum Gasteiger partial charge on any atom is -0.497 e. The van der Waals surface area contributed by atoms with Gasteiger partial charge < -0.3 is 9.47 Å². The van der Waals surface area contributed by atoms with Crippen LogP contribution in [0.3, 0.4) is 0 Å². The molecule has 0 saturated carbocycles. The van der Waals surface area contributed by atoms with Gasteiger partial charge in [-0.1, -0.05) is 15.9 Å². The maximum atomic E-state index is 8.82. The summed E-state index contributed by atoms with van der Waals surface area (Å²) < 4.78 is 10.6. The summed E-state index contributed by atoms with van der Waals surface area (Å²) in [4.78, 5) is 0. The van der Waals surface area contributed by atoms with Gasteiger partial charge in [-0.15, -0.1) is 0 Å². The molecule has 1 aromatic rings. The minimum atomic E-state index is 0.551. The van der Waals surface area contributed by atoms with E-state index in [4.69, 9.17) is 14.7 Å². The Morgan fingerprint density at radius 3 is 2.62 bits per heavy atom. The van der Waals surface area contributed by atoms with E-state index in [9.17, 15) is 0 Å². The predicted molar refractivity (Wildman–Crippen MR) is 66.2 cm³/mol. The van der Waals surface area contributed by atoms with E-state index in [1.807, 2.05) is 0 Å². The standard InChI is InChI=1S/C12H14BrNO2/c1-15-11-6-10(9-14)7-12(8-11)16-5-3-2-4-13/h6-8H,2-5H2,1H3. The molecule has 16 heavy (non-hydrogen) atoms. The summed E-state index contributed by atoms with van der Waals surface area (Å²) in [5.41, 5.74) is 0.551. The van der Waals surface area contributed by atoms with E-state index in [-0.39, 0.29) is 0 Å². The Kier molecular flexibility index (Phi) is 5.73. The highest BCUT2D eigenvalue weighted by molar-refractivity contribution is 9.09. The van der Waals surface area contributed by atoms with Crippen LogP contribution >= 0.6 is 15.9 Å². The summed E-state index contributed by atoms with van der Waals surface area (Å²) in [6, 6.07) is 7.27. The van der Waals surface area contributed by atoms with Gasteiger partial charge in [0.2, 0.25) is 0 Å². The summed E-state index contributed by atoms with van der Waals surface area (Å²) in [5, 5.41) is 9.81. The molecule has 0 saturated heterocycles. The van der Waals surface area contributed by atoms with Crippen molar-refractivity contribution in [1.29, 1.82) is 5.26 Å². The maximum absolute atomic E-state index is 8.82. The Hall–Kier alpha value is -1.21. The van der Waals surface area contributed by atoms with E-state index >= 15 is 0 Å². The van der Waals surface area contributed by atoms with Crippen molar-refractivity contribution >= 4 is 15.9 Å². The molecule has 0 unspecified atom stereocenters. The molecule has 3 nitrogen and oxygen atoms in total. The SMILES string of the molecule is COc1cc(C#N)cc(OCCCCBr)c1. The molecule has 0 N–H and O–H groups in total. The molecule has 86 valence electrons. The normalized spacial score (nSPS) is 9.56. The molecule has 0 bridgehead atoms. The molecule has 0 amide bonds. The molecular weight excluding hydrogens is 270 g/mol. The monoisotopic (exact) mass is 283 g/mol. The van der Waals surface area contributed by atoms with E-state index in [0.29, 0.717) is 23.7 Å². The van der Waals surface area contributed by atoms with Gasteiger partial charge in [0.25, 0.3) is 0 Å². The lowest BCUT2D eigenvalue weighted by Gasteiger charge is -2.07. The van der Waals surface area contributed by atoms with Crippen LogP contribution in [0.5, 0.6) is 11.5 Å². The lowest BCUT2D eigenvalue weighted by Crippen LogP contribution is -1.98. The van der Waals surface area contributed by atoms with Crippen molar-refractivity contribution < 1.29 is 9.47 Å². The molecule has 0 aliphatic heterocycles. The van der Waals surface area contributed by atoms with Crippen molar-refractivity contribution in [1.82, 2.24) is 0 Å². The van der Waals surface area contributed by atoms with Crippen LogP contribution in [0.2, 0.25) is 0 Å². The quantitative estimate of drug-likeness (QED) is 0.595. The Morgan fingerprint density at radius 2 is 2.00 bits per heavy atom. The average molecular weight is 284 g/mol. The van der Waals surface area contributed by atoms with Crippen LogP contribution in [0.1, 0.15) is 18.4 Å². The zero-order valence-electron chi connectivity index (χ0n) is 9.20. The van der Waals surface area contributed by atoms with Crippen molar-refractivity contribution in [2.24, 2.45) is 0 Å². The summed E-state index contributed by atoms with van der Waals surface area (Å²) in [6.07, 6.45) is 2.07. The maximum Gasteiger partial charge on any atom is 0.124 e. The van der Waals surface area contributed by atoms with E-state index in [1.54, 1.807) is 25.3 Å². The first-order valence-corrected chi connectivity index (χ1v) is 6.20. The fourth-order valence-electron chi connectivity index (χ4n) is 1.22. The Labute approximate surface area is 104 Å². The summed E-state index contributed by atoms with van der Waals surface area (Å²) in [6.45, 7) is 0.656. The largest absolute Gasteiger partial charge is 0.497 e. The van der Waals surface area contributed by atoms with Crippen LogP contribution in [-0.2, 0) is 0 Å². The second-order valence-corrected chi connectivity index (χ2v) is 4.05. The Bertz CT molecular complexity index is 374. The number of hydrogen-bond acceptors (Lipinski definition) is 3. The fraction of sp³-hybridized carbons (Fsp3) is 0.417. The van der Waals surface area contributed by atoms with Gasteiger partial charge in [0, 0.05) is 11.4 Å². The number of nitriles is 1. The third-order valence-corrected chi connectivity index (χ3v) is 2.60. The molecule has 0 aromatic heterocycles. The summed E-state index contributed by atoms with van der Waals surface area (Å²) in [7, 11) is 1.57. The van der Waals surface area contributed by atoms with Crippen LogP contribution in [-0.4, -0.2) is 19.0 Å². The number of halogens is 1. The zero-order chi connectivity index (χ0) is 11.8. The molecule has 0 heterocycles. The number of nitrogens with zero attached hydrogens (tertiary/aromatic N) is 1. The molecule has 0 atom stereocenters. The number of methoxy groups -OCH3 is 1. The summed E-state index contributed by atoms with van der Waals surface area (Å²) >= 11 is 3.36. The second kappa shape index (κ2) is 7.13. The number of alkyl halides is 1. The van der Waals surface area contributed by atoms with Crippen molar-refractivity contribution in [3.63, 3.8) is 0 Å². The van der Waals surface area contributed by atoms with E-state index in [0.717, 1.165) is 18.2 Å². The molecule has 4 heteroatoms. The van der Waals surface area contributed by atoms with Crippen LogP contribution in [0, 0.1) is 11.3 Å². The van der Waals surface area contributed by atoms with Crippen LogP contribution < -0.4 is 9.47 Å². The second-order valence-electron chi connectivity index (χ2n) is 3.25. The van der Waals surface area contributed by atoms with E-state index in [1.165, 1.54) is 0 Å². The topological polar surface area (TPSA) is 42.2 Å².